The lowest BCUT2D eigenvalue weighted by Crippen LogP contribution is -1.86. The molecule has 3 nitrogen and oxygen atoms in total. The Morgan fingerprint density at radius 3 is 3.10 bits per heavy atom. The van der Waals surface area contributed by atoms with E-state index in [9.17, 15) is 5.11 Å². The number of aromatic nitrogens is 2. The molecule has 0 atom stereocenters. The zero-order chi connectivity index (χ0) is 6.72. The summed E-state index contributed by atoms with van der Waals surface area (Å²) in [5.41, 5.74) is 1.02. The minimum Gasteiger partial charge on any atom is -0.507 e. The van der Waals surface area contributed by atoms with Crippen LogP contribution in [0.15, 0.2) is 18.2 Å². The van der Waals surface area contributed by atoms with Crippen LogP contribution in [0.1, 0.15) is 0 Å². The van der Waals surface area contributed by atoms with Crippen molar-refractivity contribution < 1.29 is 5.11 Å². The van der Waals surface area contributed by atoms with Gasteiger partial charge in [0.05, 0.1) is 10.9 Å². The summed E-state index contributed by atoms with van der Waals surface area (Å²) < 4.78 is 1.81. The first-order valence-electron chi connectivity index (χ1n) is 3.09. The SMILES string of the molecule is Oc1cccc2c1c1nn2-1. The minimum atomic E-state index is 0.338. The molecule has 2 aliphatic rings. The highest BCUT2D eigenvalue weighted by Gasteiger charge is 2.27. The van der Waals surface area contributed by atoms with Gasteiger partial charge in [0, 0.05) is 0 Å². The van der Waals surface area contributed by atoms with Crippen molar-refractivity contribution in [3.8, 4) is 11.6 Å². The van der Waals surface area contributed by atoms with E-state index in [2.05, 4.69) is 5.10 Å². The number of benzene rings is 1. The molecule has 2 aliphatic heterocycles. The summed E-state index contributed by atoms with van der Waals surface area (Å²) in [6.07, 6.45) is 0. The van der Waals surface area contributed by atoms with Crippen molar-refractivity contribution in [1.82, 2.24) is 9.78 Å². The summed E-state index contributed by atoms with van der Waals surface area (Å²) in [5, 5.41) is 14.1. The summed E-state index contributed by atoms with van der Waals surface area (Å²) in [5.74, 6) is 1.26. The lowest BCUT2D eigenvalue weighted by atomic mass is 10.2. The van der Waals surface area contributed by atoms with Gasteiger partial charge in [0.1, 0.15) is 5.75 Å². The highest BCUT2D eigenvalue weighted by molar-refractivity contribution is 6.00. The second-order valence-corrected chi connectivity index (χ2v) is 2.41. The standard InChI is InChI=1S/C7H4N2O/c10-5-3-1-2-4-6(5)7-8-9(4)7/h1-3,10H. The van der Waals surface area contributed by atoms with Crippen LogP contribution in [0.2, 0.25) is 0 Å². The zero-order valence-electron chi connectivity index (χ0n) is 5.07. The third kappa shape index (κ3) is 0.279. The van der Waals surface area contributed by atoms with Crippen LogP contribution in [0.5, 0.6) is 5.75 Å². The van der Waals surface area contributed by atoms with Gasteiger partial charge in [-0.05, 0) is 12.1 Å². The van der Waals surface area contributed by atoms with Gasteiger partial charge in [-0.25, -0.2) is 4.68 Å². The van der Waals surface area contributed by atoms with Crippen molar-refractivity contribution in [3.63, 3.8) is 0 Å². The van der Waals surface area contributed by atoms with E-state index in [1.807, 2.05) is 16.8 Å². The molecule has 10 heavy (non-hydrogen) atoms. The molecule has 0 fully saturated rings. The number of nitrogens with zero attached hydrogens (tertiary/aromatic N) is 2. The average molecular weight is 132 g/mol. The Hall–Kier alpha value is -1.51. The monoisotopic (exact) mass is 132 g/mol. The van der Waals surface area contributed by atoms with Crippen molar-refractivity contribution in [3.05, 3.63) is 18.2 Å². The maximum Gasteiger partial charge on any atom is 0.187 e. The molecule has 3 rings (SSSR count). The molecule has 0 spiro atoms. The van der Waals surface area contributed by atoms with Gasteiger partial charge < -0.3 is 5.11 Å². The van der Waals surface area contributed by atoms with Crippen LogP contribution in [0.25, 0.3) is 16.7 Å². The fourth-order valence-electron chi connectivity index (χ4n) is 1.28. The first-order chi connectivity index (χ1) is 4.88. The van der Waals surface area contributed by atoms with Crippen molar-refractivity contribution in [2.24, 2.45) is 0 Å². The molecule has 2 heterocycles. The summed E-state index contributed by atoms with van der Waals surface area (Å²) >= 11 is 0. The van der Waals surface area contributed by atoms with Gasteiger partial charge in [0.2, 0.25) is 0 Å². The molecule has 0 bridgehead atoms. The lowest BCUT2D eigenvalue weighted by Gasteiger charge is -2.01. The van der Waals surface area contributed by atoms with Gasteiger partial charge in [-0.1, -0.05) is 6.07 Å². The second-order valence-electron chi connectivity index (χ2n) is 2.41. The molecule has 3 heteroatoms. The fourth-order valence-corrected chi connectivity index (χ4v) is 1.28. The first-order valence-corrected chi connectivity index (χ1v) is 3.09. The zero-order valence-corrected chi connectivity index (χ0v) is 5.07. The molecular weight excluding hydrogens is 128 g/mol. The van der Waals surface area contributed by atoms with E-state index >= 15 is 0 Å². The molecule has 0 saturated heterocycles. The molecule has 0 aromatic heterocycles. The average Bonchev–Trinajstić information content (AvgIpc) is 2.57. The van der Waals surface area contributed by atoms with Crippen LogP contribution in [-0.4, -0.2) is 14.9 Å². The minimum absolute atomic E-state index is 0.338. The summed E-state index contributed by atoms with van der Waals surface area (Å²) in [4.78, 5) is 0. The smallest absolute Gasteiger partial charge is 0.187 e. The van der Waals surface area contributed by atoms with E-state index < -0.39 is 0 Å². The number of fused-ring (bicyclic) bond motifs is 4. The quantitative estimate of drug-likeness (QED) is 0.496. The van der Waals surface area contributed by atoms with Crippen LogP contribution in [0.3, 0.4) is 0 Å². The highest BCUT2D eigenvalue weighted by atomic mass is 16.3. The first kappa shape index (κ1) is 4.33. The van der Waals surface area contributed by atoms with Gasteiger partial charge in [-0.15, -0.1) is 5.10 Å². The molecule has 0 radical (unpaired) electrons. The normalized spacial score (nSPS) is 12.4. The Morgan fingerprint density at radius 1 is 1.40 bits per heavy atom. The van der Waals surface area contributed by atoms with Crippen LogP contribution in [0.4, 0.5) is 0 Å². The molecule has 1 aromatic rings. The molecule has 1 aromatic carbocycles. The largest absolute Gasteiger partial charge is 0.507 e. The van der Waals surface area contributed by atoms with Crippen molar-refractivity contribution in [2.75, 3.05) is 0 Å². The van der Waals surface area contributed by atoms with Crippen LogP contribution in [-0.2, 0) is 0 Å². The van der Waals surface area contributed by atoms with E-state index in [1.165, 1.54) is 0 Å². The van der Waals surface area contributed by atoms with E-state index in [0.717, 1.165) is 16.7 Å². The van der Waals surface area contributed by atoms with E-state index in [-0.39, 0.29) is 0 Å². The van der Waals surface area contributed by atoms with Crippen molar-refractivity contribution in [1.29, 1.82) is 0 Å². The van der Waals surface area contributed by atoms with Crippen molar-refractivity contribution >= 4 is 10.9 Å². The van der Waals surface area contributed by atoms with Gasteiger partial charge in [-0.3, -0.25) is 0 Å². The van der Waals surface area contributed by atoms with Crippen LogP contribution < -0.4 is 0 Å². The molecule has 0 saturated carbocycles. The predicted octanol–water partition coefficient (Wildman–Crippen LogP) is 1.04. The van der Waals surface area contributed by atoms with E-state index in [4.69, 9.17) is 0 Å². The van der Waals surface area contributed by atoms with E-state index in [1.54, 1.807) is 6.07 Å². The van der Waals surface area contributed by atoms with Gasteiger partial charge >= 0.3 is 0 Å². The third-order valence-electron chi connectivity index (χ3n) is 1.83. The third-order valence-corrected chi connectivity index (χ3v) is 1.83. The topological polar surface area (TPSA) is 38.1 Å². The molecule has 48 valence electrons. The maximum absolute atomic E-state index is 9.24. The highest BCUT2D eigenvalue weighted by Crippen LogP contribution is 2.39. The van der Waals surface area contributed by atoms with Gasteiger partial charge in [0.25, 0.3) is 0 Å². The molecule has 0 amide bonds. The molecule has 1 N–H and O–H groups in total. The van der Waals surface area contributed by atoms with Gasteiger partial charge in [-0.2, -0.15) is 0 Å². The second kappa shape index (κ2) is 1.03. The number of phenolic OH excluding ortho intramolecular Hbond substituents is 1. The summed E-state index contributed by atoms with van der Waals surface area (Å²) in [7, 11) is 0. The summed E-state index contributed by atoms with van der Waals surface area (Å²) in [6, 6.07) is 5.44. The number of hydrogen-bond acceptors (Lipinski definition) is 2. The van der Waals surface area contributed by atoms with Crippen LogP contribution >= 0.6 is 0 Å². The molecule has 0 aliphatic carbocycles. The van der Waals surface area contributed by atoms with Gasteiger partial charge in [0.15, 0.2) is 5.82 Å². The fraction of sp³-hybridized carbons (Fsp3) is 0. The maximum atomic E-state index is 9.24. The Morgan fingerprint density at radius 2 is 2.30 bits per heavy atom. The Kier molecular flexibility index (Phi) is 0.446. The van der Waals surface area contributed by atoms with E-state index in [0.29, 0.717) is 5.75 Å². The number of aromatic hydroxyl groups is 1. The van der Waals surface area contributed by atoms with Crippen molar-refractivity contribution in [2.45, 2.75) is 0 Å². The lowest BCUT2D eigenvalue weighted by molar-refractivity contribution is 0.481. The Balaban J connectivity index is 2.63. The summed E-state index contributed by atoms with van der Waals surface area (Å²) in [6.45, 7) is 0. The number of hydrogen-bond donors (Lipinski definition) is 1. The number of rotatable bonds is 0. The number of phenols is 1. The van der Waals surface area contributed by atoms with Crippen LogP contribution in [0, 0.1) is 0 Å². The predicted molar refractivity (Wildman–Crippen MR) is 36.3 cm³/mol. The molecule has 0 unspecified atom stereocenters. The molecular formula is C7H4N2O. The Bertz CT molecular complexity index is 430. The Labute approximate surface area is 56.5 Å².